The molecule has 0 aliphatic carbocycles. The van der Waals surface area contributed by atoms with E-state index in [1.54, 1.807) is 0 Å². The molecule has 7 heterocycles. The van der Waals surface area contributed by atoms with Gasteiger partial charge in [-0.2, -0.15) is 0 Å². The van der Waals surface area contributed by atoms with Gasteiger partial charge in [0.25, 0.3) is 0 Å². The Bertz CT molecular complexity index is 1810. The molecule has 7 aliphatic rings. The summed E-state index contributed by atoms with van der Waals surface area (Å²) in [7, 11) is 0. The third-order valence-corrected chi connectivity index (χ3v) is 14.8. The van der Waals surface area contributed by atoms with E-state index in [1.165, 1.54) is 6.92 Å². The van der Waals surface area contributed by atoms with Gasteiger partial charge in [0, 0.05) is 0 Å². The quantitative estimate of drug-likeness (QED) is 0.0571. The molecule has 78 heavy (non-hydrogen) atoms. The van der Waals surface area contributed by atoms with Crippen LogP contribution in [-0.2, 0) is 61.6 Å². The molecule has 35 nitrogen and oxygen atoms in total. The first kappa shape index (κ1) is 64.2. The van der Waals surface area contributed by atoms with Crippen LogP contribution in [0.25, 0.3) is 0 Å². The summed E-state index contributed by atoms with van der Waals surface area (Å²) >= 11 is 0. The fourth-order valence-corrected chi connectivity index (χ4v) is 9.97. The van der Waals surface area contributed by atoms with Gasteiger partial charge in [0.05, 0.1) is 52.4 Å². The molecular formula is C43H74O35. The molecule has 15 unspecified atom stereocenters. The first-order chi connectivity index (χ1) is 36.9. The molecule has 7 aliphatic heterocycles. The predicted molar refractivity (Wildman–Crippen MR) is 235 cm³/mol. The van der Waals surface area contributed by atoms with Crippen LogP contribution in [0.3, 0.4) is 0 Å². The van der Waals surface area contributed by atoms with Gasteiger partial charge in [-0.3, -0.25) is 0 Å². The maximum atomic E-state index is 11.9. The maximum Gasteiger partial charge on any atom is 0.187 e. The van der Waals surface area contributed by atoms with Crippen molar-refractivity contribution in [1.82, 2.24) is 0 Å². The number of hydrogen-bond donors (Lipinski definition) is 22. The van der Waals surface area contributed by atoms with Crippen molar-refractivity contribution in [2.75, 3.05) is 46.2 Å². The highest BCUT2D eigenvalue weighted by molar-refractivity contribution is 5.00. The molecule has 7 fully saturated rings. The summed E-state index contributed by atoms with van der Waals surface area (Å²) in [6.45, 7) is -5.04. The summed E-state index contributed by atoms with van der Waals surface area (Å²) in [5.41, 5.74) is 0. The molecule has 35 heteroatoms. The van der Waals surface area contributed by atoms with Crippen LogP contribution in [-0.4, -0.2) is 373 Å². The third-order valence-electron chi connectivity index (χ3n) is 14.8. The lowest BCUT2D eigenvalue weighted by Crippen LogP contribution is -2.68. The largest absolute Gasteiger partial charge is 0.394 e. The van der Waals surface area contributed by atoms with Gasteiger partial charge < -0.3 is 174 Å². The van der Waals surface area contributed by atoms with E-state index < -0.39 is 261 Å². The average molecular weight is 1150 g/mol. The van der Waals surface area contributed by atoms with Crippen LogP contribution >= 0.6 is 0 Å². The Balaban J connectivity index is 1.15. The highest BCUT2D eigenvalue weighted by Crippen LogP contribution is 2.37. The van der Waals surface area contributed by atoms with Crippen LogP contribution in [0.15, 0.2) is 0 Å². The Morgan fingerprint density at radius 2 is 0.474 bits per heavy atom. The molecule has 0 aromatic heterocycles. The highest BCUT2D eigenvalue weighted by Gasteiger charge is 2.58. The zero-order valence-electron chi connectivity index (χ0n) is 41.3. The average Bonchev–Trinajstić information content (AvgIpc) is 3.49. The molecule has 0 saturated carbocycles. The van der Waals surface area contributed by atoms with Crippen molar-refractivity contribution in [2.45, 2.75) is 222 Å². The minimum absolute atomic E-state index is 0.782. The van der Waals surface area contributed by atoms with Gasteiger partial charge in [-0.15, -0.1) is 0 Å². The first-order valence-electron chi connectivity index (χ1n) is 25.0. The lowest BCUT2D eigenvalue weighted by molar-refractivity contribution is -0.397. The Labute approximate surface area is 441 Å². The van der Waals surface area contributed by atoms with Crippen LogP contribution in [0, 0.1) is 0 Å². The third kappa shape index (κ3) is 13.3. The molecule has 0 bridgehead atoms. The molecule has 0 aromatic rings. The Morgan fingerprint density at radius 3 is 0.795 bits per heavy atom. The summed E-state index contributed by atoms with van der Waals surface area (Å²) in [4.78, 5) is 0. The Hall–Kier alpha value is -1.40. The number of aliphatic hydroxyl groups is 22. The maximum absolute atomic E-state index is 11.9. The van der Waals surface area contributed by atoms with Crippen molar-refractivity contribution in [3.63, 3.8) is 0 Å². The molecule has 0 amide bonds. The van der Waals surface area contributed by atoms with Crippen LogP contribution in [0.2, 0.25) is 0 Å². The Kier molecular flexibility index (Phi) is 22.7. The minimum Gasteiger partial charge on any atom is -0.394 e. The number of ether oxygens (including phenoxy) is 13. The van der Waals surface area contributed by atoms with Crippen LogP contribution < -0.4 is 0 Å². The van der Waals surface area contributed by atoms with Gasteiger partial charge in [-0.25, -0.2) is 0 Å². The molecule has 0 radical (unpaired) electrons. The SMILES string of the molecule is CC1OC(CO)[C@@H](O)[C@H](O[C@H]2OC(CO[C@@H]3OC(CO)[C@@H](O)[C@H](O)C3O)[C@@H](O)[C@H](O[C@@H]3OC(CO)[C@@H](O)[C@H](O[C@H]4OC(CO[C@@H]5OC(CO)[C@@H](O)[C@H](O)C5O)[C@@H](O)[C@H](O[C@@H]5OC(CO)[C@@H](O)[C@H](O)C5O)C4O)C3O)C2O)C1O. The van der Waals surface area contributed by atoms with E-state index in [-0.39, 0.29) is 0 Å². The molecule has 7 rings (SSSR count). The van der Waals surface area contributed by atoms with Gasteiger partial charge in [-0.05, 0) is 6.92 Å². The summed E-state index contributed by atoms with van der Waals surface area (Å²) in [5.74, 6) is 0. The van der Waals surface area contributed by atoms with E-state index in [1.807, 2.05) is 0 Å². The molecule has 22 N–H and O–H groups in total. The predicted octanol–water partition coefficient (Wildman–Crippen LogP) is -15.2. The summed E-state index contributed by atoms with van der Waals surface area (Å²) in [5, 5.41) is 236. The molecule has 7 saturated heterocycles. The smallest absolute Gasteiger partial charge is 0.187 e. The normalized spacial score (nSPS) is 53.5. The van der Waals surface area contributed by atoms with E-state index in [4.69, 9.17) is 61.6 Å². The van der Waals surface area contributed by atoms with Crippen LogP contribution in [0.5, 0.6) is 0 Å². The molecule has 0 aromatic carbocycles. The second kappa shape index (κ2) is 27.5. The van der Waals surface area contributed by atoms with E-state index in [0.29, 0.717) is 0 Å². The standard InChI is InChI=1S/C43H74O35/c1-9-17(49)34(21(53)13(5-47)68-9)75-42-33(65)37(24(56)16(73-42)8-67-39-29(61)26(58)19(51)11(3-45)70-39)78-41-31(63)35(22(54)14(6-48)72-41)77-43-32(64)36(76-40-30(62)27(59)20(52)12(4-46)71-40)23(55)15(74-43)7-66-38-28(60)25(57)18(50)10(2-44)69-38/h9-65H,2-8H2,1H3/t9?,10?,11?,12?,13?,14?,15?,16?,17?,18-,19-,20-,21-,22-,23-,24-,25+,26+,27+,28?,29?,30?,31?,32?,33?,34-,35+,36+,37+,38-,39-,40+,41+,42-,43-/m1/s1. The monoisotopic (exact) mass is 1150 g/mol. The van der Waals surface area contributed by atoms with Crippen molar-refractivity contribution in [3.05, 3.63) is 0 Å². The van der Waals surface area contributed by atoms with E-state index in [2.05, 4.69) is 0 Å². The van der Waals surface area contributed by atoms with Gasteiger partial charge in [0.1, 0.15) is 171 Å². The van der Waals surface area contributed by atoms with E-state index in [0.717, 1.165) is 0 Å². The molecule has 35 atom stereocenters. The van der Waals surface area contributed by atoms with Crippen molar-refractivity contribution in [2.24, 2.45) is 0 Å². The van der Waals surface area contributed by atoms with Gasteiger partial charge in [0.2, 0.25) is 0 Å². The zero-order valence-corrected chi connectivity index (χ0v) is 41.3. The minimum atomic E-state index is -2.37. The van der Waals surface area contributed by atoms with Crippen LogP contribution in [0.4, 0.5) is 0 Å². The highest BCUT2D eigenvalue weighted by atomic mass is 16.8. The lowest BCUT2D eigenvalue weighted by Gasteiger charge is -2.50. The van der Waals surface area contributed by atoms with Gasteiger partial charge in [0.15, 0.2) is 37.7 Å². The lowest BCUT2D eigenvalue weighted by atomic mass is 9.94. The second-order valence-corrected chi connectivity index (χ2v) is 20.0. The van der Waals surface area contributed by atoms with Crippen molar-refractivity contribution in [1.29, 1.82) is 0 Å². The zero-order chi connectivity index (χ0) is 57.3. The summed E-state index contributed by atoms with van der Waals surface area (Å²) in [6, 6.07) is 0. The molecule has 0 spiro atoms. The first-order valence-corrected chi connectivity index (χ1v) is 25.0. The number of hydrogen-bond acceptors (Lipinski definition) is 35. The van der Waals surface area contributed by atoms with Crippen molar-refractivity contribution in [3.8, 4) is 0 Å². The molecular weight excluding hydrogens is 1080 g/mol. The van der Waals surface area contributed by atoms with Gasteiger partial charge >= 0.3 is 0 Å². The van der Waals surface area contributed by atoms with E-state index in [9.17, 15) is 112 Å². The number of aliphatic hydroxyl groups excluding tert-OH is 22. The molecule has 456 valence electrons. The number of rotatable bonds is 19. The summed E-state index contributed by atoms with van der Waals surface area (Å²) < 4.78 is 73.4. The van der Waals surface area contributed by atoms with Gasteiger partial charge in [-0.1, -0.05) is 0 Å². The van der Waals surface area contributed by atoms with Crippen molar-refractivity contribution < 1.29 is 174 Å². The van der Waals surface area contributed by atoms with Crippen LogP contribution in [0.1, 0.15) is 6.92 Å². The topological polar surface area (TPSA) is 565 Å². The van der Waals surface area contributed by atoms with Crippen molar-refractivity contribution >= 4 is 0 Å². The second-order valence-electron chi connectivity index (χ2n) is 20.0. The fourth-order valence-electron chi connectivity index (χ4n) is 9.97. The fraction of sp³-hybridized carbons (Fsp3) is 1.00. The Morgan fingerprint density at radius 1 is 0.244 bits per heavy atom. The summed E-state index contributed by atoms with van der Waals surface area (Å²) in [6.07, 6.45) is -67.4. The van der Waals surface area contributed by atoms with E-state index >= 15 is 0 Å².